The van der Waals surface area contributed by atoms with Crippen LogP contribution in [0, 0.1) is 5.82 Å². The summed E-state index contributed by atoms with van der Waals surface area (Å²) in [6, 6.07) is 4.72. The summed E-state index contributed by atoms with van der Waals surface area (Å²) in [4.78, 5) is 14.4. The molecule has 1 aromatic carbocycles. The molecule has 172 valence electrons. The van der Waals surface area contributed by atoms with E-state index in [2.05, 4.69) is 4.98 Å². The Kier molecular flexibility index (Phi) is 5.85. The first-order chi connectivity index (χ1) is 15.1. The second kappa shape index (κ2) is 8.32. The molecule has 0 bridgehead atoms. The molecule has 0 atom stereocenters. The third-order valence-electron chi connectivity index (χ3n) is 5.86. The minimum Gasteiger partial charge on any atom is -0.488 e. The largest absolute Gasteiger partial charge is 0.488 e. The Hall–Kier alpha value is -2.72. The maximum atomic E-state index is 14.3. The van der Waals surface area contributed by atoms with Crippen molar-refractivity contribution in [3.8, 4) is 17.1 Å². The molecule has 0 amide bonds. The van der Waals surface area contributed by atoms with Crippen LogP contribution in [0.2, 0.25) is 0 Å². The number of nitrogens with one attached hydrogen (secondary N) is 1. The van der Waals surface area contributed by atoms with Crippen molar-refractivity contribution in [3.05, 3.63) is 35.9 Å². The van der Waals surface area contributed by atoms with Crippen molar-refractivity contribution in [2.75, 3.05) is 44.1 Å². The normalized spacial score (nSPS) is 15.3. The molecule has 1 N–H and O–H groups in total. The summed E-state index contributed by atoms with van der Waals surface area (Å²) in [6.45, 7) is 7.58. The van der Waals surface area contributed by atoms with E-state index in [1.165, 1.54) is 12.3 Å². The van der Waals surface area contributed by atoms with Gasteiger partial charge < -0.3 is 19.4 Å². The Morgan fingerprint density at radius 2 is 1.94 bits per heavy atom. The molecule has 32 heavy (non-hydrogen) atoms. The van der Waals surface area contributed by atoms with Crippen molar-refractivity contribution in [2.45, 2.75) is 25.5 Å². The predicted molar refractivity (Wildman–Crippen MR) is 121 cm³/mol. The summed E-state index contributed by atoms with van der Waals surface area (Å²) in [5.41, 5.74) is 1.23. The first kappa shape index (κ1) is 22.5. The van der Waals surface area contributed by atoms with Gasteiger partial charge >= 0.3 is 0 Å². The zero-order valence-electron chi connectivity index (χ0n) is 18.6. The molecule has 2 aromatic heterocycles. The van der Waals surface area contributed by atoms with E-state index >= 15 is 0 Å². The molecule has 0 saturated carbocycles. The lowest BCUT2D eigenvalue weighted by atomic mass is 10.1. The Balaban J connectivity index is 2.04. The van der Waals surface area contributed by atoms with Gasteiger partial charge in [0.15, 0.2) is 27.2 Å². The van der Waals surface area contributed by atoms with Crippen LogP contribution in [0.15, 0.2) is 24.4 Å². The van der Waals surface area contributed by atoms with Gasteiger partial charge in [0.1, 0.15) is 16.3 Å². The minimum absolute atomic E-state index is 0.279. The van der Waals surface area contributed by atoms with E-state index < -0.39 is 14.6 Å². The summed E-state index contributed by atoms with van der Waals surface area (Å²) in [5, 5.41) is 0.616. The van der Waals surface area contributed by atoms with Crippen molar-refractivity contribution in [1.29, 1.82) is 0 Å². The highest BCUT2D eigenvalue weighted by atomic mass is 32.2. The monoisotopic (exact) mass is 462 g/mol. The van der Waals surface area contributed by atoms with E-state index in [1.807, 2.05) is 11.8 Å². The minimum atomic E-state index is -3.56. The van der Waals surface area contributed by atoms with Crippen LogP contribution in [0.1, 0.15) is 26.5 Å². The topological polar surface area (TPSA) is 97.4 Å². The first-order valence-corrected chi connectivity index (χ1v) is 12.4. The fourth-order valence-electron chi connectivity index (χ4n) is 3.73. The smallest absolute Gasteiger partial charge is 0.185 e. The number of nitrogens with zero attached hydrogens (tertiary/aromatic N) is 3. The number of aromatic nitrogens is 3. The molecule has 1 saturated heterocycles. The van der Waals surface area contributed by atoms with Gasteiger partial charge in [-0.15, -0.1) is 0 Å². The predicted octanol–water partition coefficient (Wildman–Crippen LogP) is 3.28. The van der Waals surface area contributed by atoms with Gasteiger partial charge in [-0.05, 0) is 39.0 Å². The Morgan fingerprint density at radius 3 is 2.59 bits per heavy atom. The van der Waals surface area contributed by atoms with Crippen molar-refractivity contribution >= 4 is 26.6 Å². The molecular formula is C22H27FN4O4S. The number of halogens is 1. The maximum Gasteiger partial charge on any atom is 0.185 e. The van der Waals surface area contributed by atoms with Gasteiger partial charge in [0, 0.05) is 36.5 Å². The van der Waals surface area contributed by atoms with Crippen LogP contribution < -0.4 is 9.64 Å². The van der Waals surface area contributed by atoms with E-state index in [0.717, 1.165) is 0 Å². The van der Waals surface area contributed by atoms with E-state index in [0.29, 0.717) is 66.8 Å². The number of sulfone groups is 1. The van der Waals surface area contributed by atoms with Crippen molar-refractivity contribution in [3.63, 3.8) is 0 Å². The number of H-pyrrole nitrogens is 1. The zero-order valence-corrected chi connectivity index (χ0v) is 19.4. The Morgan fingerprint density at radius 1 is 1.22 bits per heavy atom. The number of hydrogen-bond donors (Lipinski definition) is 1. The molecule has 3 aromatic rings. The molecule has 0 spiro atoms. The average Bonchev–Trinajstić information content (AvgIpc) is 3.25. The second-order valence-electron chi connectivity index (χ2n) is 8.22. The number of rotatable bonds is 6. The van der Waals surface area contributed by atoms with Gasteiger partial charge in [-0.3, -0.25) is 0 Å². The number of morpholine rings is 1. The number of anilines is 1. The number of ether oxygens (including phenoxy) is 2. The highest BCUT2D eigenvalue weighted by Crippen LogP contribution is 2.42. The van der Waals surface area contributed by atoms with Crippen LogP contribution in [-0.4, -0.2) is 62.5 Å². The standard InChI is InChI=1S/C22H27FN4O4S/c1-5-31-18-19(22(2,3)32(4,28)29)25-20(26-21(18)27-10-12-30-13-11-27)15-6-7-16(23)17-14(15)8-9-24-17/h6-9,24H,5,10-13H2,1-4H3. The number of hydrogen-bond acceptors (Lipinski definition) is 7. The van der Waals surface area contributed by atoms with E-state index in [4.69, 9.17) is 19.4 Å². The number of fused-ring (bicyclic) bond motifs is 1. The lowest BCUT2D eigenvalue weighted by Gasteiger charge is -2.32. The molecule has 1 aliphatic rings. The fourth-order valence-corrected chi connectivity index (χ4v) is 4.22. The summed E-state index contributed by atoms with van der Waals surface area (Å²) in [7, 11) is -3.56. The van der Waals surface area contributed by atoms with Crippen LogP contribution >= 0.6 is 0 Å². The van der Waals surface area contributed by atoms with Gasteiger partial charge in [0.25, 0.3) is 0 Å². The SMILES string of the molecule is CCOc1c(N2CCOCC2)nc(-c2ccc(F)c3[nH]ccc23)nc1C(C)(C)S(C)(=O)=O. The lowest BCUT2D eigenvalue weighted by Crippen LogP contribution is -2.38. The summed E-state index contributed by atoms with van der Waals surface area (Å²) >= 11 is 0. The second-order valence-corrected chi connectivity index (χ2v) is 10.8. The highest BCUT2D eigenvalue weighted by Gasteiger charge is 2.39. The van der Waals surface area contributed by atoms with Crippen LogP contribution in [0.25, 0.3) is 22.3 Å². The van der Waals surface area contributed by atoms with Crippen molar-refractivity contribution in [2.24, 2.45) is 0 Å². The van der Waals surface area contributed by atoms with E-state index in [1.54, 1.807) is 32.2 Å². The number of aromatic amines is 1. The van der Waals surface area contributed by atoms with Crippen LogP contribution in [0.3, 0.4) is 0 Å². The van der Waals surface area contributed by atoms with Crippen molar-refractivity contribution < 1.29 is 22.3 Å². The highest BCUT2D eigenvalue weighted by molar-refractivity contribution is 7.91. The molecule has 10 heteroatoms. The first-order valence-electron chi connectivity index (χ1n) is 10.5. The van der Waals surface area contributed by atoms with E-state index in [-0.39, 0.29) is 11.5 Å². The Bertz CT molecular complexity index is 1250. The van der Waals surface area contributed by atoms with Gasteiger partial charge in [-0.2, -0.15) is 0 Å². The van der Waals surface area contributed by atoms with Crippen LogP contribution in [-0.2, 0) is 19.3 Å². The quantitative estimate of drug-likeness (QED) is 0.600. The maximum absolute atomic E-state index is 14.3. The molecule has 8 nitrogen and oxygen atoms in total. The van der Waals surface area contributed by atoms with Crippen LogP contribution in [0.5, 0.6) is 5.75 Å². The third-order valence-corrected chi connectivity index (χ3v) is 7.90. The molecule has 0 radical (unpaired) electrons. The van der Waals surface area contributed by atoms with Gasteiger partial charge in [-0.1, -0.05) is 0 Å². The fraction of sp³-hybridized carbons (Fsp3) is 0.455. The average molecular weight is 463 g/mol. The third kappa shape index (κ3) is 3.81. The molecule has 0 unspecified atom stereocenters. The molecule has 3 heterocycles. The summed E-state index contributed by atoms with van der Waals surface area (Å²) in [6.07, 6.45) is 2.83. The molecule has 0 aliphatic carbocycles. The molecule has 1 aliphatic heterocycles. The van der Waals surface area contributed by atoms with Gasteiger partial charge in [0.2, 0.25) is 0 Å². The van der Waals surface area contributed by atoms with Crippen molar-refractivity contribution in [1.82, 2.24) is 15.0 Å². The zero-order chi connectivity index (χ0) is 23.1. The summed E-state index contributed by atoms with van der Waals surface area (Å²) in [5.74, 6) is 0.789. The molecule has 4 rings (SSSR count). The Labute approximate surface area is 186 Å². The lowest BCUT2D eigenvalue weighted by molar-refractivity contribution is 0.122. The number of benzene rings is 1. The van der Waals surface area contributed by atoms with Crippen LogP contribution in [0.4, 0.5) is 10.2 Å². The molecular weight excluding hydrogens is 435 g/mol. The van der Waals surface area contributed by atoms with Gasteiger partial charge in [-0.25, -0.2) is 22.8 Å². The van der Waals surface area contributed by atoms with Gasteiger partial charge in [0.05, 0.1) is 25.3 Å². The summed E-state index contributed by atoms with van der Waals surface area (Å²) < 4.78 is 49.9. The molecule has 1 fully saturated rings. The van der Waals surface area contributed by atoms with E-state index in [9.17, 15) is 12.8 Å².